The van der Waals surface area contributed by atoms with E-state index in [2.05, 4.69) is 9.97 Å². The number of hydrogen-bond donors (Lipinski definition) is 1. The van der Waals surface area contributed by atoms with Crippen LogP contribution in [-0.4, -0.2) is 22.9 Å². The third-order valence-corrected chi connectivity index (χ3v) is 3.39. The van der Waals surface area contributed by atoms with Crippen LogP contribution in [0.25, 0.3) is 10.8 Å². The van der Waals surface area contributed by atoms with Crippen molar-refractivity contribution in [3.63, 3.8) is 0 Å². The topological polar surface area (TPSA) is 72.1 Å². The lowest BCUT2D eigenvalue weighted by Crippen LogP contribution is -2.26. The van der Waals surface area contributed by atoms with Gasteiger partial charge in [-0.1, -0.05) is 24.3 Å². The van der Waals surface area contributed by atoms with E-state index >= 15 is 0 Å². The van der Waals surface area contributed by atoms with Gasteiger partial charge < -0.3 is 10.6 Å². The van der Waals surface area contributed by atoms with Crippen LogP contribution in [0, 0.1) is 0 Å². The average Bonchev–Trinajstić information content (AvgIpc) is 2.55. The lowest BCUT2D eigenvalue weighted by molar-refractivity contribution is 0.0994. The van der Waals surface area contributed by atoms with Gasteiger partial charge >= 0.3 is 0 Å². The van der Waals surface area contributed by atoms with E-state index in [0.717, 1.165) is 16.5 Å². The molecule has 1 amide bonds. The highest BCUT2D eigenvalue weighted by Gasteiger charge is 2.17. The molecule has 5 heteroatoms. The molecule has 2 heterocycles. The van der Waals surface area contributed by atoms with Crippen molar-refractivity contribution in [2.75, 3.05) is 17.7 Å². The lowest BCUT2D eigenvalue weighted by atomic mass is 10.1. The number of nitrogens with zero attached hydrogens (tertiary/aromatic N) is 3. The van der Waals surface area contributed by atoms with Gasteiger partial charge in [0, 0.05) is 24.8 Å². The Labute approximate surface area is 122 Å². The number of hydrogen-bond acceptors (Lipinski definition) is 4. The Bertz CT molecular complexity index is 802. The molecule has 3 rings (SSSR count). The fourth-order valence-corrected chi connectivity index (χ4v) is 2.24. The van der Waals surface area contributed by atoms with E-state index in [1.807, 2.05) is 30.3 Å². The first-order valence-corrected chi connectivity index (χ1v) is 6.50. The van der Waals surface area contributed by atoms with Crippen molar-refractivity contribution in [1.82, 2.24) is 9.97 Å². The molecule has 2 N–H and O–H groups in total. The Kier molecular flexibility index (Phi) is 3.23. The molecule has 0 spiro atoms. The van der Waals surface area contributed by atoms with Gasteiger partial charge in [0.05, 0.1) is 17.4 Å². The van der Waals surface area contributed by atoms with Gasteiger partial charge in [-0.05, 0) is 17.5 Å². The maximum atomic E-state index is 12.7. The number of fused-ring (bicyclic) bond motifs is 1. The largest absolute Gasteiger partial charge is 0.383 e. The summed E-state index contributed by atoms with van der Waals surface area (Å²) in [5.74, 6) is 0.276. The molecule has 0 unspecified atom stereocenters. The van der Waals surface area contributed by atoms with Crippen LogP contribution in [0.3, 0.4) is 0 Å². The number of anilines is 2. The van der Waals surface area contributed by atoms with Crippen molar-refractivity contribution in [2.24, 2.45) is 0 Å². The van der Waals surface area contributed by atoms with Crippen molar-refractivity contribution in [2.45, 2.75) is 0 Å². The Morgan fingerprint density at radius 2 is 1.86 bits per heavy atom. The van der Waals surface area contributed by atoms with E-state index in [0.29, 0.717) is 11.4 Å². The van der Waals surface area contributed by atoms with Crippen molar-refractivity contribution >= 4 is 28.2 Å². The number of carbonyl (C=O) groups excluding carboxylic acids is 1. The molecule has 0 aliphatic rings. The third-order valence-electron chi connectivity index (χ3n) is 3.39. The molecule has 0 aliphatic heterocycles. The first kappa shape index (κ1) is 13.1. The molecule has 5 nitrogen and oxygen atoms in total. The number of benzene rings is 1. The first-order valence-electron chi connectivity index (χ1n) is 6.50. The van der Waals surface area contributed by atoms with E-state index in [1.165, 1.54) is 6.20 Å². The highest BCUT2D eigenvalue weighted by Crippen LogP contribution is 2.24. The fourth-order valence-electron chi connectivity index (χ4n) is 2.24. The standard InChI is InChI=1S/C16H14N4O/c1-20(11-5-4-8-18-9-11)16(21)14-10-19-15(17)13-7-3-2-6-12(13)14/h2-10H,1H3,(H2,17,19). The summed E-state index contributed by atoms with van der Waals surface area (Å²) in [5.41, 5.74) is 7.11. The second kappa shape index (κ2) is 5.20. The van der Waals surface area contributed by atoms with Crippen molar-refractivity contribution in [3.8, 4) is 0 Å². The zero-order chi connectivity index (χ0) is 14.8. The highest BCUT2D eigenvalue weighted by atomic mass is 16.2. The normalized spacial score (nSPS) is 10.5. The van der Waals surface area contributed by atoms with Crippen molar-refractivity contribution in [1.29, 1.82) is 0 Å². The SMILES string of the molecule is CN(C(=O)c1cnc(N)c2ccccc12)c1cccnc1. The molecule has 104 valence electrons. The smallest absolute Gasteiger partial charge is 0.260 e. The van der Waals surface area contributed by atoms with Gasteiger partial charge in [0.25, 0.3) is 5.91 Å². The number of nitrogen functional groups attached to an aromatic ring is 1. The molecule has 0 bridgehead atoms. The van der Waals surface area contributed by atoms with Gasteiger partial charge in [0.2, 0.25) is 0 Å². The Morgan fingerprint density at radius 1 is 1.10 bits per heavy atom. The first-order chi connectivity index (χ1) is 10.2. The summed E-state index contributed by atoms with van der Waals surface area (Å²) >= 11 is 0. The molecule has 0 atom stereocenters. The number of pyridine rings is 2. The van der Waals surface area contributed by atoms with Gasteiger partial charge in [-0.15, -0.1) is 0 Å². The van der Waals surface area contributed by atoms with Gasteiger partial charge in [0.1, 0.15) is 5.82 Å². The summed E-state index contributed by atoms with van der Waals surface area (Å²) in [5, 5.41) is 1.58. The predicted octanol–water partition coefficient (Wildman–Crippen LogP) is 2.49. The molecule has 1 aromatic carbocycles. The van der Waals surface area contributed by atoms with Crippen LogP contribution in [0.15, 0.2) is 55.0 Å². The Hall–Kier alpha value is -2.95. The van der Waals surface area contributed by atoms with Crippen LogP contribution in [0.4, 0.5) is 11.5 Å². The zero-order valence-electron chi connectivity index (χ0n) is 11.5. The van der Waals surface area contributed by atoms with Crippen LogP contribution < -0.4 is 10.6 Å². The van der Waals surface area contributed by atoms with Crippen LogP contribution in [0.1, 0.15) is 10.4 Å². The second-order valence-electron chi connectivity index (χ2n) is 4.68. The molecule has 2 aromatic heterocycles. The Balaban J connectivity index is 2.09. The van der Waals surface area contributed by atoms with Gasteiger partial charge in [-0.25, -0.2) is 4.98 Å². The minimum Gasteiger partial charge on any atom is -0.383 e. The zero-order valence-corrected chi connectivity index (χ0v) is 11.5. The van der Waals surface area contributed by atoms with Crippen LogP contribution >= 0.6 is 0 Å². The average molecular weight is 278 g/mol. The second-order valence-corrected chi connectivity index (χ2v) is 4.68. The maximum absolute atomic E-state index is 12.7. The third kappa shape index (κ3) is 2.29. The predicted molar refractivity (Wildman–Crippen MR) is 83.1 cm³/mol. The van der Waals surface area contributed by atoms with Crippen molar-refractivity contribution < 1.29 is 4.79 Å². The molecule has 0 saturated heterocycles. The summed E-state index contributed by atoms with van der Waals surface area (Å²) < 4.78 is 0. The van der Waals surface area contributed by atoms with Gasteiger partial charge in [-0.3, -0.25) is 9.78 Å². The van der Waals surface area contributed by atoms with Crippen LogP contribution in [0.2, 0.25) is 0 Å². The number of nitrogens with two attached hydrogens (primary N) is 1. The Morgan fingerprint density at radius 3 is 2.57 bits per heavy atom. The molecule has 0 fully saturated rings. The van der Waals surface area contributed by atoms with E-state index in [9.17, 15) is 4.79 Å². The minimum atomic E-state index is -0.147. The van der Waals surface area contributed by atoms with Gasteiger partial charge in [0.15, 0.2) is 0 Å². The number of carbonyl (C=O) groups is 1. The van der Waals surface area contributed by atoms with Gasteiger partial charge in [-0.2, -0.15) is 0 Å². The summed E-state index contributed by atoms with van der Waals surface area (Å²) in [6, 6.07) is 11.1. The van der Waals surface area contributed by atoms with Crippen LogP contribution in [-0.2, 0) is 0 Å². The molecular weight excluding hydrogens is 264 g/mol. The molecule has 3 aromatic rings. The maximum Gasteiger partial charge on any atom is 0.260 e. The lowest BCUT2D eigenvalue weighted by Gasteiger charge is -2.18. The fraction of sp³-hybridized carbons (Fsp3) is 0.0625. The molecule has 0 saturated carbocycles. The molecular formula is C16H14N4O. The number of aromatic nitrogens is 2. The summed E-state index contributed by atoms with van der Waals surface area (Å²) in [4.78, 5) is 22.4. The van der Waals surface area contributed by atoms with Crippen LogP contribution in [0.5, 0.6) is 0 Å². The van der Waals surface area contributed by atoms with Crippen molar-refractivity contribution in [3.05, 3.63) is 60.6 Å². The van der Waals surface area contributed by atoms with E-state index < -0.39 is 0 Å². The summed E-state index contributed by atoms with van der Waals surface area (Å²) in [7, 11) is 1.71. The minimum absolute atomic E-state index is 0.147. The van der Waals surface area contributed by atoms with E-state index in [4.69, 9.17) is 5.73 Å². The quantitative estimate of drug-likeness (QED) is 0.781. The summed E-state index contributed by atoms with van der Waals surface area (Å²) in [6.45, 7) is 0. The van der Waals surface area contributed by atoms with E-state index in [1.54, 1.807) is 30.4 Å². The molecule has 21 heavy (non-hydrogen) atoms. The van der Waals surface area contributed by atoms with E-state index in [-0.39, 0.29) is 5.91 Å². The molecule has 0 radical (unpaired) electrons. The monoisotopic (exact) mass is 278 g/mol. The number of rotatable bonds is 2. The molecule has 0 aliphatic carbocycles. The summed E-state index contributed by atoms with van der Waals surface area (Å²) in [6.07, 6.45) is 4.83. The highest BCUT2D eigenvalue weighted by molar-refractivity contribution is 6.14. The number of amides is 1.